The first-order valence-electron chi connectivity index (χ1n) is 15.2. The van der Waals surface area contributed by atoms with Crippen LogP contribution in [0.1, 0.15) is 132 Å². The highest BCUT2D eigenvalue weighted by atomic mass is 16.5. The number of carbonyl (C=O) groups excluding carboxylic acids is 1. The standard InChI is InChI=1S/C32H54O2/c1-8-24(21(2)3)10-9-22(4)27-14-15-30(7)28-12-11-25-19-26(34-23(5)33)13-16-31(25)20-32(28,31)18-17-29(27,30)6/h21-22,24-28H,8-20H2,1-7H3/t22-,24-,25+,26+,27-,28+,29-,30+,31-,32+/m1/s1. The molecule has 5 saturated carbocycles. The van der Waals surface area contributed by atoms with E-state index < -0.39 is 0 Å². The van der Waals surface area contributed by atoms with Crippen molar-refractivity contribution in [3.05, 3.63) is 0 Å². The van der Waals surface area contributed by atoms with Crippen molar-refractivity contribution in [2.75, 3.05) is 0 Å². The zero-order valence-corrected chi connectivity index (χ0v) is 23.6. The van der Waals surface area contributed by atoms with Gasteiger partial charge in [0.05, 0.1) is 0 Å². The molecule has 194 valence electrons. The molecule has 0 unspecified atom stereocenters. The topological polar surface area (TPSA) is 26.3 Å². The maximum Gasteiger partial charge on any atom is 0.302 e. The highest BCUT2D eigenvalue weighted by Gasteiger charge is 2.80. The summed E-state index contributed by atoms with van der Waals surface area (Å²) in [6.07, 6.45) is 18.2. The van der Waals surface area contributed by atoms with Crippen molar-refractivity contribution < 1.29 is 9.53 Å². The summed E-state index contributed by atoms with van der Waals surface area (Å²) in [7, 11) is 0. The molecule has 0 aromatic rings. The Balaban J connectivity index is 1.31. The van der Waals surface area contributed by atoms with Crippen molar-refractivity contribution in [2.45, 2.75) is 138 Å². The molecule has 2 heteroatoms. The quantitative estimate of drug-likeness (QED) is 0.347. The van der Waals surface area contributed by atoms with Gasteiger partial charge in [0, 0.05) is 6.92 Å². The lowest BCUT2D eigenvalue weighted by molar-refractivity contribution is -0.156. The minimum absolute atomic E-state index is 0.0779. The Morgan fingerprint density at radius 1 is 0.912 bits per heavy atom. The van der Waals surface area contributed by atoms with Gasteiger partial charge in [-0.3, -0.25) is 4.79 Å². The van der Waals surface area contributed by atoms with Gasteiger partial charge in [-0.1, -0.05) is 54.4 Å². The van der Waals surface area contributed by atoms with E-state index in [9.17, 15) is 4.79 Å². The van der Waals surface area contributed by atoms with Crippen molar-refractivity contribution in [2.24, 2.45) is 57.2 Å². The Morgan fingerprint density at radius 2 is 1.68 bits per heavy atom. The molecule has 5 aliphatic rings. The second-order valence-electron chi connectivity index (χ2n) is 14.8. The average molecular weight is 471 g/mol. The van der Waals surface area contributed by atoms with Gasteiger partial charge in [-0.2, -0.15) is 0 Å². The minimum Gasteiger partial charge on any atom is -0.463 e. The number of ether oxygens (including phenoxy) is 1. The van der Waals surface area contributed by atoms with Crippen molar-refractivity contribution in [1.82, 2.24) is 0 Å². The fourth-order valence-electron chi connectivity index (χ4n) is 11.6. The first kappa shape index (κ1) is 25.1. The molecule has 0 aliphatic heterocycles. The molecule has 0 radical (unpaired) electrons. The molecule has 10 atom stereocenters. The molecule has 34 heavy (non-hydrogen) atoms. The van der Waals surface area contributed by atoms with Crippen LogP contribution in [0.4, 0.5) is 0 Å². The highest BCUT2D eigenvalue weighted by Crippen LogP contribution is 2.87. The molecule has 0 bridgehead atoms. The maximum atomic E-state index is 11.6. The molecule has 0 aromatic heterocycles. The number of rotatable bonds is 7. The number of esters is 1. The van der Waals surface area contributed by atoms with E-state index in [1.807, 2.05) is 0 Å². The highest BCUT2D eigenvalue weighted by molar-refractivity contribution is 5.66. The number of hydrogen-bond acceptors (Lipinski definition) is 2. The van der Waals surface area contributed by atoms with Crippen molar-refractivity contribution >= 4 is 5.97 Å². The van der Waals surface area contributed by atoms with Crippen LogP contribution in [0.25, 0.3) is 0 Å². The summed E-state index contributed by atoms with van der Waals surface area (Å²) in [5, 5.41) is 0. The summed E-state index contributed by atoms with van der Waals surface area (Å²) in [5.74, 6) is 5.20. The second-order valence-corrected chi connectivity index (χ2v) is 14.8. The molecule has 0 N–H and O–H groups in total. The van der Waals surface area contributed by atoms with Crippen molar-refractivity contribution in [3.8, 4) is 0 Å². The molecular formula is C32H54O2. The zero-order chi connectivity index (χ0) is 24.5. The third-order valence-corrected chi connectivity index (χ3v) is 13.6. The molecule has 0 amide bonds. The van der Waals surface area contributed by atoms with Gasteiger partial charge in [-0.15, -0.1) is 0 Å². The van der Waals surface area contributed by atoms with Crippen LogP contribution >= 0.6 is 0 Å². The van der Waals surface area contributed by atoms with Crippen LogP contribution in [0.5, 0.6) is 0 Å². The summed E-state index contributed by atoms with van der Waals surface area (Å²) in [5.41, 5.74) is 2.31. The van der Waals surface area contributed by atoms with Gasteiger partial charge in [0.1, 0.15) is 6.10 Å². The van der Waals surface area contributed by atoms with E-state index in [1.54, 1.807) is 6.92 Å². The fourth-order valence-corrected chi connectivity index (χ4v) is 11.6. The van der Waals surface area contributed by atoms with Gasteiger partial charge in [-0.25, -0.2) is 0 Å². The monoisotopic (exact) mass is 470 g/mol. The van der Waals surface area contributed by atoms with Gasteiger partial charge >= 0.3 is 5.97 Å². The van der Waals surface area contributed by atoms with Crippen LogP contribution in [0.3, 0.4) is 0 Å². The van der Waals surface area contributed by atoms with Crippen LogP contribution in [0.2, 0.25) is 0 Å². The molecular weight excluding hydrogens is 416 g/mol. The minimum atomic E-state index is -0.0779. The third kappa shape index (κ3) is 3.42. The number of carbonyl (C=O) groups is 1. The molecule has 0 aromatic carbocycles. The van der Waals surface area contributed by atoms with Crippen LogP contribution in [0, 0.1) is 57.2 Å². The Labute approximate surface area is 210 Å². The van der Waals surface area contributed by atoms with Crippen molar-refractivity contribution in [1.29, 1.82) is 0 Å². The Morgan fingerprint density at radius 3 is 2.35 bits per heavy atom. The van der Waals surface area contributed by atoms with E-state index in [0.717, 1.165) is 48.3 Å². The molecule has 2 spiro atoms. The van der Waals surface area contributed by atoms with E-state index in [0.29, 0.717) is 21.7 Å². The average Bonchev–Trinajstić information content (AvgIpc) is 3.35. The molecule has 2 nitrogen and oxygen atoms in total. The molecule has 5 rings (SSSR count). The summed E-state index contributed by atoms with van der Waals surface area (Å²) in [4.78, 5) is 11.6. The Kier molecular flexibility index (Phi) is 6.29. The summed E-state index contributed by atoms with van der Waals surface area (Å²) in [6.45, 7) is 16.9. The van der Waals surface area contributed by atoms with Crippen LogP contribution in [0.15, 0.2) is 0 Å². The fraction of sp³-hybridized carbons (Fsp3) is 0.969. The molecule has 5 fully saturated rings. The van der Waals surface area contributed by atoms with Gasteiger partial charge < -0.3 is 4.74 Å². The lowest BCUT2D eigenvalue weighted by Crippen LogP contribution is -2.55. The van der Waals surface area contributed by atoms with Gasteiger partial charge in [0.25, 0.3) is 0 Å². The van der Waals surface area contributed by atoms with E-state index in [1.165, 1.54) is 70.6 Å². The summed E-state index contributed by atoms with van der Waals surface area (Å²) >= 11 is 0. The van der Waals surface area contributed by atoms with E-state index in [4.69, 9.17) is 4.74 Å². The SMILES string of the molecule is CC[C@H](CC[C@@H](C)[C@H]1CC[C@@]2(C)[C@@H]3CC[C@H]4C[C@@H](OC(C)=O)CC[C@@]45C[C@@]35CC[C@]12C)C(C)C. The Hall–Kier alpha value is -0.530. The predicted molar refractivity (Wildman–Crippen MR) is 140 cm³/mol. The van der Waals surface area contributed by atoms with Gasteiger partial charge in [-0.05, 0) is 128 Å². The normalized spacial score (nSPS) is 48.8. The maximum absolute atomic E-state index is 11.6. The van der Waals surface area contributed by atoms with Gasteiger partial charge in [0.15, 0.2) is 0 Å². The second kappa shape index (κ2) is 8.51. The van der Waals surface area contributed by atoms with Crippen LogP contribution in [-0.2, 0) is 9.53 Å². The summed E-state index contributed by atoms with van der Waals surface area (Å²) in [6, 6.07) is 0. The molecule has 0 heterocycles. The van der Waals surface area contributed by atoms with Crippen LogP contribution in [-0.4, -0.2) is 12.1 Å². The smallest absolute Gasteiger partial charge is 0.302 e. The third-order valence-electron chi connectivity index (χ3n) is 13.6. The first-order chi connectivity index (χ1) is 16.0. The number of fused-ring (bicyclic) bond motifs is 2. The van der Waals surface area contributed by atoms with E-state index in [2.05, 4.69) is 41.5 Å². The molecule has 5 aliphatic carbocycles. The van der Waals surface area contributed by atoms with E-state index >= 15 is 0 Å². The predicted octanol–water partition coefficient (Wildman–Crippen LogP) is 8.82. The largest absolute Gasteiger partial charge is 0.463 e. The lowest BCUT2D eigenvalue weighted by atomic mass is 9.43. The zero-order valence-electron chi connectivity index (χ0n) is 23.6. The van der Waals surface area contributed by atoms with E-state index in [-0.39, 0.29) is 12.1 Å². The van der Waals surface area contributed by atoms with Gasteiger partial charge in [0.2, 0.25) is 0 Å². The van der Waals surface area contributed by atoms with Crippen molar-refractivity contribution in [3.63, 3.8) is 0 Å². The van der Waals surface area contributed by atoms with Crippen LogP contribution < -0.4 is 0 Å². The Bertz CT molecular complexity index is 788. The first-order valence-corrected chi connectivity index (χ1v) is 15.2. The lowest BCUT2D eigenvalue weighted by Gasteiger charge is -2.61. The summed E-state index contributed by atoms with van der Waals surface area (Å²) < 4.78 is 5.71. The number of hydrogen-bond donors (Lipinski definition) is 0. The molecule has 0 saturated heterocycles.